The molecule has 1 heterocycles. The van der Waals surface area contributed by atoms with Crippen molar-refractivity contribution in [2.45, 2.75) is 50.6 Å². The summed E-state index contributed by atoms with van der Waals surface area (Å²) in [5.41, 5.74) is 0. The molecule has 2 fully saturated rings. The van der Waals surface area contributed by atoms with Crippen LogP contribution in [-0.4, -0.2) is 66.4 Å². The maximum atomic E-state index is 12.2. The van der Waals surface area contributed by atoms with E-state index in [2.05, 4.69) is 11.4 Å². The standard InChI is InChI=1S/C16H26N4O2.H2O/c1-19(2)16(22)12-5-7-13(8-6-12)18-11-15(21)20-9-3-4-14(20)10-17;/h12-14,18H,3-9,11H2,1-2H3;1H2/t12?,13?,14-;/m0./s1. The molecule has 0 spiro atoms. The topological polar surface area (TPSA) is 108 Å². The normalized spacial score (nSPS) is 27.0. The fourth-order valence-electron chi connectivity index (χ4n) is 3.44. The zero-order valence-electron chi connectivity index (χ0n) is 14.0. The van der Waals surface area contributed by atoms with Gasteiger partial charge in [-0.15, -0.1) is 0 Å². The van der Waals surface area contributed by atoms with E-state index < -0.39 is 0 Å². The smallest absolute Gasteiger partial charge is 0.237 e. The van der Waals surface area contributed by atoms with Gasteiger partial charge in [-0.1, -0.05) is 0 Å². The van der Waals surface area contributed by atoms with Crippen molar-refractivity contribution in [3.63, 3.8) is 0 Å². The predicted molar refractivity (Wildman–Crippen MR) is 86.4 cm³/mol. The zero-order chi connectivity index (χ0) is 16.1. The molecule has 0 radical (unpaired) electrons. The summed E-state index contributed by atoms with van der Waals surface area (Å²) in [6.45, 7) is 0.998. The third-order valence-electron chi connectivity index (χ3n) is 4.78. The Bertz CT molecular complexity index is 453. The van der Waals surface area contributed by atoms with Gasteiger partial charge in [0.15, 0.2) is 0 Å². The summed E-state index contributed by atoms with van der Waals surface area (Å²) in [6, 6.07) is 2.25. The van der Waals surface area contributed by atoms with Crippen molar-refractivity contribution < 1.29 is 15.1 Å². The lowest BCUT2D eigenvalue weighted by Gasteiger charge is -2.30. The van der Waals surface area contributed by atoms with E-state index >= 15 is 0 Å². The number of nitrogens with one attached hydrogen (secondary N) is 1. The molecule has 1 atom stereocenters. The lowest BCUT2D eigenvalue weighted by atomic mass is 9.85. The van der Waals surface area contributed by atoms with Gasteiger partial charge < -0.3 is 20.6 Å². The van der Waals surface area contributed by atoms with E-state index in [1.165, 1.54) is 0 Å². The van der Waals surface area contributed by atoms with E-state index in [-0.39, 0.29) is 29.3 Å². The van der Waals surface area contributed by atoms with Gasteiger partial charge in [0.25, 0.3) is 0 Å². The summed E-state index contributed by atoms with van der Waals surface area (Å²) < 4.78 is 0. The predicted octanol–water partition coefficient (Wildman–Crippen LogP) is -0.0871. The summed E-state index contributed by atoms with van der Waals surface area (Å²) >= 11 is 0. The minimum absolute atomic E-state index is 0. The maximum Gasteiger partial charge on any atom is 0.237 e. The van der Waals surface area contributed by atoms with Crippen LogP contribution in [0.4, 0.5) is 0 Å². The number of amides is 2. The molecule has 0 aromatic heterocycles. The van der Waals surface area contributed by atoms with E-state index in [0.717, 1.165) is 38.5 Å². The van der Waals surface area contributed by atoms with Crippen LogP contribution >= 0.6 is 0 Å². The van der Waals surface area contributed by atoms with Crippen molar-refractivity contribution in [1.29, 1.82) is 5.26 Å². The van der Waals surface area contributed by atoms with E-state index in [0.29, 0.717) is 19.1 Å². The lowest BCUT2D eigenvalue weighted by Crippen LogP contribution is -2.45. The van der Waals surface area contributed by atoms with Gasteiger partial charge >= 0.3 is 0 Å². The van der Waals surface area contributed by atoms with Gasteiger partial charge in [0.2, 0.25) is 11.8 Å². The van der Waals surface area contributed by atoms with Gasteiger partial charge in [-0.2, -0.15) is 5.26 Å². The Balaban J connectivity index is 0.00000264. The van der Waals surface area contributed by atoms with Crippen LogP contribution in [0.25, 0.3) is 0 Å². The summed E-state index contributed by atoms with van der Waals surface area (Å²) in [6.07, 6.45) is 5.33. The molecule has 130 valence electrons. The molecular weight excluding hydrogens is 296 g/mol. The van der Waals surface area contributed by atoms with Gasteiger partial charge in [0.1, 0.15) is 6.04 Å². The Labute approximate surface area is 137 Å². The number of likely N-dealkylation sites (tertiary alicyclic amines) is 1. The van der Waals surface area contributed by atoms with Crippen LogP contribution in [0, 0.1) is 17.2 Å². The van der Waals surface area contributed by atoms with Crippen LogP contribution in [0.5, 0.6) is 0 Å². The molecule has 2 aliphatic rings. The third kappa shape index (κ3) is 4.91. The van der Waals surface area contributed by atoms with E-state index in [1.807, 2.05) is 0 Å². The lowest BCUT2D eigenvalue weighted by molar-refractivity contribution is -0.134. The van der Waals surface area contributed by atoms with Crippen LogP contribution in [0.2, 0.25) is 0 Å². The molecule has 2 rings (SSSR count). The van der Waals surface area contributed by atoms with Crippen molar-refractivity contribution in [3.8, 4) is 6.07 Å². The minimum Gasteiger partial charge on any atom is -0.412 e. The van der Waals surface area contributed by atoms with Crippen LogP contribution < -0.4 is 5.32 Å². The first-order valence-electron chi connectivity index (χ1n) is 8.16. The highest BCUT2D eigenvalue weighted by Crippen LogP contribution is 2.25. The number of rotatable bonds is 4. The Morgan fingerprint density at radius 3 is 2.43 bits per heavy atom. The second-order valence-electron chi connectivity index (χ2n) is 6.54. The number of nitriles is 1. The average Bonchev–Trinajstić information content (AvgIpc) is 3.01. The molecule has 3 N–H and O–H groups in total. The van der Waals surface area contributed by atoms with Gasteiger partial charge in [-0.3, -0.25) is 9.59 Å². The summed E-state index contributed by atoms with van der Waals surface area (Å²) in [7, 11) is 3.60. The van der Waals surface area contributed by atoms with Gasteiger partial charge in [0, 0.05) is 32.6 Å². The Morgan fingerprint density at radius 2 is 1.87 bits per heavy atom. The highest BCUT2D eigenvalue weighted by atomic mass is 16.2. The summed E-state index contributed by atoms with van der Waals surface area (Å²) in [4.78, 5) is 27.5. The van der Waals surface area contributed by atoms with E-state index in [4.69, 9.17) is 5.26 Å². The van der Waals surface area contributed by atoms with Gasteiger partial charge in [0.05, 0.1) is 12.6 Å². The molecule has 7 heteroatoms. The van der Waals surface area contributed by atoms with Crippen molar-refractivity contribution >= 4 is 11.8 Å². The molecule has 7 nitrogen and oxygen atoms in total. The van der Waals surface area contributed by atoms with Gasteiger partial charge in [-0.25, -0.2) is 0 Å². The minimum atomic E-state index is -0.247. The molecule has 0 unspecified atom stereocenters. The van der Waals surface area contributed by atoms with E-state index in [1.54, 1.807) is 23.9 Å². The van der Waals surface area contributed by atoms with Crippen LogP contribution in [0.3, 0.4) is 0 Å². The number of carbonyl (C=O) groups is 2. The Morgan fingerprint density at radius 1 is 1.22 bits per heavy atom. The monoisotopic (exact) mass is 324 g/mol. The molecule has 1 saturated heterocycles. The molecule has 0 aromatic rings. The molecule has 1 aliphatic carbocycles. The second kappa shape index (κ2) is 8.85. The number of carbonyl (C=O) groups excluding carboxylic acids is 2. The fraction of sp³-hybridized carbons (Fsp3) is 0.812. The highest BCUT2D eigenvalue weighted by Gasteiger charge is 2.30. The highest BCUT2D eigenvalue weighted by molar-refractivity contribution is 5.79. The first-order valence-corrected chi connectivity index (χ1v) is 8.16. The number of nitrogens with zero attached hydrogens (tertiary/aromatic N) is 3. The van der Waals surface area contributed by atoms with Crippen LogP contribution in [0.1, 0.15) is 38.5 Å². The van der Waals surface area contributed by atoms with E-state index in [9.17, 15) is 9.59 Å². The first-order chi connectivity index (χ1) is 10.5. The fourth-order valence-corrected chi connectivity index (χ4v) is 3.44. The molecule has 23 heavy (non-hydrogen) atoms. The largest absolute Gasteiger partial charge is 0.412 e. The third-order valence-corrected chi connectivity index (χ3v) is 4.78. The van der Waals surface area contributed by atoms with Crippen molar-refractivity contribution in [2.24, 2.45) is 5.92 Å². The molecule has 1 aliphatic heterocycles. The van der Waals surface area contributed by atoms with Crippen LogP contribution in [-0.2, 0) is 9.59 Å². The number of hydrogen-bond donors (Lipinski definition) is 1. The molecule has 0 bridgehead atoms. The first kappa shape index (κ1) is 19.4. The van der Waals surface area contributed by atoms with Crippen molar-refractivity contribution in [1.82, 2.24) is 15.1 Å². The van der Waals surface area contributed by atoms with Crippen molar-refractivity contribution in [3.05, 3.63) is 0 Å². The number of hydrogen-bond acceptors (Lipinski definition) is 4. The zero-order valence-corrected chi connectivity index (χ0v) is 14.0. The molecular formula is C16H28N4O3. The molecule has 0 aromatic carbocycles. The summed E-state index contributed by atoms with van der Waals surface area (Å²) in [5, 5.41) is 12.3. The maximum absolute atomic E-state index is 12.2. The van der Waals surface area contributed by atoms with Crippen molar-refractivity contribution in [2.75, 3.05) is 27.2 Å². The second-order valence-corrected chi connectivity index (χ2v) is 6.54. The summed E-state index contributed by atoms with van der Waals surface area (Å²) in [5.74, 6) is 0.365. The molecule has 2 amide bonds. The molecule has 1 saturated carbocycles. The SMILES string of the molecule is CN(C)C(=O)C1CCC(NCC(=O)N2CCC[C@H]2C#N)CC1.O. The van der Waals surface area contributed by atoms with Gasteiger partial charge in [-0.05, 0) is 38.5 Å². The Hall–Kier alpha value is -1.65. The Kier molecular flexibility index (Phi) is 7.46. The average molecular weight is 324 g/mol. The quantitative estimate of drug-likeness (QED) is 0.779. The van der Waals surface area contributed by atoms with Crippen LogP contribution in [0.15, 0.2) is 0 Å².